The molecule has 3 rings (SSSR count). The van der Waals surface area contributed by atoms with Gasteiger partial charge >= 0.3 is 0 Å². The van der Waals surface area contributed by atoms with Crippen LogP contribution in [-0.2, 0) is 0 Å². The molecule has 0 aliphatic rings. The first-order valence-electron chi connectivity index (χ1n) is 6.49. The van der Waals surface area contributed by atoms with Crippen LogP contribution in [0.4, 0.5) is 5.82 Å². The number of aromatic nitrogens is 2. The van der Waals surface area contributed by atoms with E-state index in [1.165, 1.54) is 0 Å². The normalized spacial score (nSPS) is 11.0. The van der Waals surface area contributed by atoms with Crippen LogP contribution < -0.4 is 5.32 Å². The highest BCUT2D eigenvalue weighted by Gasteiger charge is 2.19. The van der Waals surface area contributed by atoms with Gasteiger partial charge in [0, 0.05) is 26.7 Å². The maximum Gasteiger partial charge on any atom is 0.292 e. The third kappa shape index (κ3) is 2.35. The summed E-state index contributed by atoms with van der Waals surface area (Å²) in [6.45, 7) is 5.68. The molecule has 1 aromatic carbocycles. The van der Waals surface area contributed by atoms with E-state index in [0.717, 1.165) is 26.7 Å². The number of H-pyrrole nitrogens is 1. The molecule has 21 heavy (non-hydrogen) atoms. The zero-order valence-corrected chi connectivity index (χ0v) is 13.5. The van der Waals surface area contributed by atoms with Gasteiger partial charge in [0.1, 0.15) is 5.58 Å². The summed E-state index contributed by atoms with van der Waals surface area (Å²) < 4.78 is 6.61. The molecule has 6 heteroatoms. The molecule has 5 nitrogen and oxygen atoms in total. The molecule has 0 saturated heterocycles. The number of anilines is 1. The van der Waals surface area contributed by atoms with Gasteiger partial charge in [-0.05, 0) is 39.0 Å². The second-order valence-corrected chi connectivity index (χ2v) is 5.89. The van der Waals surface area contributed by atoms with Crippen LogP contribution in [-0.4, -0.2) is 16.1 Å². The van der Waals surface area contributed by atoms with Crippen molar-refractivity contribution in [1.29, 1.82) is 0 Å². The Kier molecular flexibility index (Phi) is 3.33. The lowest BCUT2D eigenvalue weighted by Gasteiger charge is -2.01. The molecule has 0 aliphatic heterocycles. The van der Waals surface area contributed by atoms with E-state index < -0.39 is 0 Å². The number of benzene rings is 1. The maximum atomic E-state index is 12.4. The van der Waals surface area contributed by atoms with E-state index in [4.69, 9.17) is 4.42 Å². The van der Waals surface area contributed by atoms with Crippen LogP contribution in [0.1, 0.15) is 27.4 Å². The maximum absolute atomic E-state index is 12.4. The predicted molar refractivity (Wildman–Crippen MR) is 84.7 cm³/mol. The predicted octanol–water partition coefficient (Wildman–Crippen LogP) is 4.10. The Bertz CT molecular complexity index is 848. The summed E-state index contributed by atoms with van der Waals surface area (Å²) in [6.07, 6.45) is 0. The molecule has 2 N–H and O–H groups in total. The van der Waals surface area contributed by atoms with Crippen molar-refractivity contribution in [2.24, 2.45) is 0 Å². The topological polar surface area (TPSA) is 70.9 Å². The molecule has 0 bridgehead atoms. The average Bonchev–Trinajstić information content (AvgIpc) is 2.94. The first-order chi connectivity index (χ1) is 9.97. The molecule has 2 heterocycles. The van der Waals surface area contributed by atoms with Gasteiger partial charge in [0.15, 0.2) is 11.6 Å². The largest absolute Gasteiger partial charge is 0.451 e. The molecule has 0 aliphatic carbocycles. The van der Waals surface area contributed by atoms with Gasteiger partial charge in [0.05, 0.1) is 0 Å². The standard InChI is InChI=1S/C15H14BrN3O2/c1-7-9(3)18-19-14(7)17-15(20)13-8(2)11-6-10(16)4-5-12(11)21-13/h4-6H,1-3H3,(H2,17,18,19,20). The first-order valence-corrected chi connectivity index (χ1v) is 7.28. The van der Waals surface area contributed by atoms with Gasteiger partial charge in [-0.1, -0.05) is 15.9 Å². The number of carbonyl (C=O) groups excluding carboxylic acids is 1. The smallest absolute Gasteiger partial charge is 0.292 e. The molecule has 0 unspecified atom stereocenters. The summed E-state index contributed by atoms with van der Waals surface area (Å²) in [6, 6.07) is 5.66. The number of halogens is 1. The number of amides is 1. The summed E-state index contributed by atoms with van der Waals surface area (Å²) >= 11 is 3.42. The van der Waals surface area contributed by atoms with E-state index in [9.17, 15) is 4.79 Å². The fourth-order valence-corrected chi connectivity index (χ4v) is 2.54. The Hall–Kier alpha value is -2.08. The third-order valence-corrected chi connectivity index (χ3v) is 4.08. The molecule has 2 aromatic heterocycles. The number of nitrogens with zero attached hydrogens (tertiary/aromatic N) is 1. The fraction of sp³-hybridized carbons (Fsp3) is 0.200. The Morgan fingerprint density at radius 3 is 2.71 bits per heavy atom. The lowest BCUT2D eigenvalue weighted by atomic mass is 10.1. The number of hydrogen-bond donors (Lipinski definition) is 2. The Balaban J connectivity index is 1.98. The van der Waals surface area contributed by atoms with Gasteiger partial charge in [0.2, 0.25) is 0 Å². The number of nitrogens with one attached hydrogen (secondary N) is 2. The molecular formula is C15H14BrN3O2. The van der Waals surface area contributed by atoms with Gasteiger partial charge < -0.3 is 9.73 Å². The molecule has 3 aromatic rings. The van der Waals surface area contributed by atoms with Crippen LogP contribution in [0.3, 0.4) is 0 Å². The molecule has 0 saturated carbocycles. The quantitative estimate of drug-likeness (QED) is 0.733. The minimum absolute atomic E-state index is 0.297. The number of furan rings is 1. The van der Waals surface area contributed by atoms with Crippen molar-refractivity contribution in [1.82, 2.24) is 10.2 Å². The second kappa shape index (κ2) is 5.04. The van der Waals surface area contributed by atoms with Crippen molar-refractivity contribution in [2.75, 3.05) is 5.32 Å². The number of rotatable bonds is 2. The van der Waals surface area contributed by atoms with Gasteiger partial charge in [-0.2, -0.15) is 5.10 Å². The van der Waals surface area contributed by atoms with Crippen LogP contribution in [0.15, 0.2) is 27.1 Å². The molecule has 0 atom stereocenters. The third-order valence-electron chi connectivity index (χ3n) is 3.59. The minimum Gasteiger partial charge on any atom is -0.451 e. The lowest BCUT2D eigenvalue weighted by Crippen LogP contribution is -2.13. The van der Waals surface area contributed by atoms with Crippen molar-refractivity contribution in [3.05, 3.63) is 45.3 Å². The minimum atomic E-state index is -0.297. The van der Waals surface area contributed by atoms with Crippen LogP contribution >= 0.6 is 15.9 Å². The first kappa shape index (κ1) is 13.9. The molecule has 0 fully saturated rings. The molecule has 0 spiro atoms. The van der Waals surface area contributed by atoms with E-state index in [1.54, 1.807) is 0 Å². The van der Waals surface area contributed by atoms with Crippen molar-refractivity contribution in [3.8, 4) is 0 Å². The van der Waals surface area contributed by atoms with E-state index in [0.29, 0.717) is 17.2 Å². The van der Waals surface area contributed by atoms with E-state index >= 15 is 0 Å². The van der Waals surface area contributed by atoms with E-state index in [1.807, 2.05) is 39.0 Å². The van der Waals surface area contributed by atoms with E-state index in [-0.39, 0.29) is 5.91 Å². The van der Waals surface area contributed by atoms with Gasteiger partial charge in [0.25, 0.3) is 5.91 Å². The van der Waals surface area contributed by atoms with Crippen molar-refractivity contribution >= 4 is 38.6 Å². The van der Waals surface area contributed by atoms with Crippen LogP contribution in [0.2, 0.25) is 0 Å². The second-order valence-electron chi connectivity index (χ2n) is 4.97. The number of carbonyl (C=O) groups is 1. The van der Waals surface area contributed by atoms with E-state index in [2.05, 4.69) is 31.4 Å². The number of aryl methyl sites for hydroxylation is 2. The highest BCUT2D eigenvalue weighted by atomic mass is 79.9. The Morgan fingerprint density at radius 2 is 2.05 bits per heavy atom. The van der Waals surface area contributed by atoms with Gasteiger partial charge in [-0.25, -0.2) is 0 Å². The zero-order valence-electron chi connectivity index (χ0n) is 11.9. The highest BCUT2D eigenvalue weighted by molar-refractivity contribution is 9.10. The molecule has 108 valence electrons. The van der Waals surface area contributed by atoms with Crippen LogP contribution in [0.25, 0.3) is 11.0 Å². The molecule has 1 amide bonds. The SMILES string of the molecule is Cc1[nH]nc(NC(=O)c2oc3ccc(Br)cc3c2C)c1C. The number of hydrogen-bond acceptors (Lipinski definition) is 3. The summed E-state index contributed by atoms with van der Waals surface area (Å²) in [7, 11) is 0. The Labute approximate surface area is 129 Å². The van der Waals surface area contributed by atoms with Crippen LogP contribution in [0.5, 0.6) is 0 Å². The summed E-state index contributed by atoms with van der Waals surface area (Å²) in [4.78, 5) is 12.4. The van der Waals surface area contributed by atoms with Crippen molar-refractivity contribution < 1.29 is 9.21 Å². The fourth-order valence-electron chi connectivity index (χ4n) is 2.18. The van der Waals surface area contributed by atoms with Gasteiger partial charge in [-0.15, -0.1) is 0 Å². The summed E-state index contributed by atoms with van der Waals surface area (Å²) in [5, 5.41) is 10.6. The van der Waals surface area contributed by atoms with Crippen molar-refractivity contribution in [2.45, 2.75) is 20.8 Å². The molecular weight excluding hydrogens is 334 g/mol. The zero-order chi connectivity index (χ0) is 15.1. The van der Waals surface area contributed by atoms with Gasteiger partial charge in [-0.3, -0.25) is 9.89 Å². The monoisotopic (exact) mass is 347 g/mol. The number of fused-ring (bicyclic) bond motifs is 1. The lowest BCUT2D eigenvalue weighted by molar-refractivity contribution is 0.0997. The summed E-state index contributed by atoms with van der Waals surface area (Å²) in [5.74, 6) is 0.538. The summed E-state index contributed by atoms with van der Waals surface area (Å²) in [5.41, 5.74) is 3.35. The average molecular weight is 348 g/mol. The Morgan fingerprint density at radius 1 is 1.29 bits per heavy atom. The van der Waals surface area contributed by atoms with Crippen LogP contribution in [0, 0.1) is 20.8 Å². The number of aromatic amines is 1. The van der Waals surface area contributed by atoms with Crippen molar-refractivity contribution in [3.63, 3.8) is 0 Å². The highest BCUT2D eigenvalue weighted by Crippen LogP contribution is 2.28. The molecule has 0 radical (unpaired) electrons.